The molecule has 1 aromatic carbocycles. The van der Waals surface area contributed by atoms with Gasteiger partial charge in [-0.05, 0) is 43.7 Å². The standard InChI is InChI=1S/C21H18N2O5S/c1-11-20(29-12(2)22-11)18(25)16-17(13-5-3-6-14(24)9-13)23(21(27)19(16)26)10-15-7-4-8-28-15/h3-9,17,24,26H,10H2,1-2H3. The molecule has 148 valence electrons. The molecule has 2 aromatic heterocycles. The minimum atomic E-state index is -0.867. The Morgan fingerprint density at radius 2 is 2.03 bits per heavy atom. The second kappa shape index (κ2) is 7.21. The van der Waals surface area contributed by atoms with Crippen LogP contribution in [0.15, 0.2) is 58.4 Å². The number of carbonyl (C=O) groups excluding carboxylic acids is 2. The van der Waals surface area contributed by atoms with E-state index in [1.807, 2.05) is 0 Å². The van der Waals surface area contributed by atoms with Gasteiger partial charge in [-0.25, -0.2) is 4.98 Å². The number of aliphatic hydroxyl groups is 1. The van der Waals surface area contributed by atoms with Crippen molar-refractivity contribution in [1.82, 2.24) is 9.88 Å². The van der Waals surface area contributed by atoms with Gasteiger partial charge in [0.2, 0.25) is 5.78 Å². The van der Waals surface area contributed by atoms with Crippen LogP contribution >= 0.6 is 11.3 Å². The van der Waals surface area contributed by atoms with Crippen LogP contribution in [0.25, 0.3) is 0 Å². The highest BCUT2D eigenvalue weighted by molar-refractivity contribution is 7.14. The zero-order valence-corrected chi connectivity index (χ0v) is 16.6. The second-order valence-electron chi connectivity index (χ2n) is 6.75. The number of thiazole rings is 1. The summed E-state index contributed by atoms with van der Waals surface area (Å²) < 4.78 is 5.35. The van der Waals surface area contributed by atoms with E-state index in [-0.39, 0.29) is 17.9 Å². The van der Waals surface area contributed by atoms with Crippen molar-refractivity contribution in [1.29, 1.82) is 0 Å². The highest BCUT2D eigenvalue weighted by Gasteiger charge is 2.44. The lowest BCUT2D eigenvalue weighted by Gasteiger charge is -2.26. The van der Waals surface area contributed by atoms with Gasteiger partial charge in [0, 0.05) is 0 Å². The first-order valence-electron chi connectivity index (χ1n) is 8.91. The first-order valence-corrected chi connectivity index (χ1v) is 9.72. The molecule has 0 aliphatic carbocycles. The normalized spacial score (nSPS) is 16.7. The Bertz CT molecular complexity index is 1130. The summed E-state index contributed by atoms with van der Waals surface area (Å²) >= 11 is 1.22. The quantitative estimate of drug-likeness (QED) is 0.620. The van der Waals surface area contributed by atoms with Crippen molar-refractivity contribution in [2.45, 2.75) is 26.4 Å². The fourth-order valence-electron chi connectivity index (χ4n) is 3.52. The van der Waals surface area contributed by atoms with E-state index in [9.17, 15) is 19.8 Å². The summed E-state index contributed by atoms with van der Waals surface area (Å²) in [5.41, 5.74) is 1.03. The van der Waals surface area contributed by atoms with Crippen LogP contribution in [0.3, 0.4) is 0 Å². The Balaban J connectivity index is 1.83. The molecule has 7 nitrogen and oxygen atoms in total. The smallest absolute Gasteiger partial charge is 0.290 e. The van der Waals surface area contributed by atoms with E-state index in [1.54, 1.807) is 38.1 Å². The molecule has 0 bridgehead atoms. The molecule has 0 saturated heterocycles. The highest BCUT2D eigenvalue weighted by Crippen LogP contribution is 2.41. The number of nitrogens with zero attached hydrogens (tertiary/aromatic N) is 2. The molecule has 8 heteroatoms. The van der Waals surface area contributed by atoms with Gasteiger partial charge in [0.1, 0.15) is 11.5 Å². The van der Waals surface area contributed by atoms with Crippen molar-refractivity contribution in [3.05, 3.63) is 80.9 Å². The third kappa shape index (κ3) is 3.31. The molecular weight excluding hydrogens is 392 g/mol. The monoisotopic (exact) mass is 410 g/mol. The third-order valence-corrected chi connectivity index (χ3v) is 5.82. The fourth-order valence-corrected chi connectivity index (χ4v) is 4.40. The molecule has 4 rings (SSSR count). The number of phenols is 1. The van der Waals surface area contributed by atoms with Crippen LogP contribution in [-0.2, 0) is 11.3 Å². The molecule has 1 aliphatic heterocycles. The zero-order chi connectivity index (χ0) is 20.7. The highest BCUT2D eigenvalue weighted by atomic mass is 32.1. The number of aliphatic hydroxyl groups excluding tert-OH is 1. The molecule has 0 saturated carbocycles. The van der Waals surface area contributed by atoms with Gasteiger partial charge in [-0.15, -0.1) is 11.3 Å². The topological polar surface area (TPSA) is 104 Å². The number of Topliss-reactive ketones (excluding diaryl/α,β-unsaturated/α-hetero) is 1. The molecule has 0 fully saturated rings. The lowest BCUT2D eigenvalue weighted by Crippen LogP contribution is -2.30. The number of aryl methyl sites for hydroxylation is 2. The number of phenolic OH excluding ortho intramolecular Hbond substituents is 1. The predicted octanol–water partition coefficient (Wildman–Crippen LogP) is 3.84. The Hall–Kier alpha value is -3.39. The van der Waals surface area contributed by atoms with Gasteiger partial charge in [-0.3, -0.25) is 9.59 Å². The summed E-state index contributed by atoms with van der Waals surface area (Å²) in [6.07, 6.45) is 1.49. The molecule has 1 atom stereocenters. The van der Waals surface area contributed by atoms with Crippen LogP contribution in [0, 0.1) is 13.8 Å². The van der Waals surface area contributed by atoms with Gasteiger partial charge < -0.3 is 19.5 Å². The summed E-state index contributed by atoms with van der Waals surface area (Å²) in [7, 11) is 0. The first kappa shape index (κ1) is 18.9. The molecular formula is C21H18N2O5S. The Kier molecular flexibility index (Phi) is 4.71. The van der Waals surface area contributed by atoms with Gasteiger partial charge in [-0.2, -0.15) is 0 Å². The Morgan fingerprint density at radius 3 is 2.66 bits per heavy atom. The summed E-state index contributed by atoms with van der Waals surface area (Å²) in [4.78, 5) is 32.2. The van der Waals surface area contributed by atoms with E-state index in [1.165, 1.54) is 34.6 Å². The van der Waals surface area contributed by atoms with Crippen LogP contribution < -0.4 is 0 Å². The van der Waals surface area contributed by atoms with E-state index in [0.717, 1.165) is 5.01 Å². The van der Waals surface area contributed by atoms with Crippen molar-refractivity contribution in [3.63, 3.8) is 0 Å². The summed E-state index contributed by atoms with van der Waals surface area (Å²) in [5, 5.41) is 21.3. The maximum absolute atomic E-state index is 13.3. The summed E-state index contributed by atoms with van der Waals surface area (Å²) in [6, 6.07) is 8.84. The molecule has 2 N–H and O–H groups in total. The lowest BCUT2D eigenvalue weighted by molar-refractivity contribution is -0.130. The van der Waals surface area contributed by atoms with Crippen LogP contribution in [0.4, 0.5) is 0 Å². The average molecular weight is 410 g/mol. The fraction of sp³-hybridized carbons (Fsp3) is 0.190. The van der Waals surface area contributed by atoms with Crippen LogP contribution in [0.1, 0.15) is 37.7 Å². The van der Waals surface area contributed by atoms with Crippen molar-refractivity contribution in [3.8, 4) is 5.75 Å². The zero-order valence-electron chi connectivity index (χ0n) is 15.7. The number of hydrogen-bond acceptors (Lipinski definition) is 7. The van der Waals surface area contributed by atoms with Crippen molar-refractivity contribution in [2.24, 2.45) is 0 Å². The molecule has 0 radical (unpaired) electrons. The minimum absolute atomic E-state index is 0.00379. The van der Waals surface area contributed by atoms with Gasteiger partial charge in [0.15, 0.2) is 5.76 Å². The largest absolute Gasteiger partial charge is 0.508 e. The SMILES string of the molecule is Cc1nc(C)c(C(=O)C2=C(O)C(=O)N(Cc3ccco3)C2c2cccc(O)c2)s1. The third-order valence-electron chi connectivity index (χ3n) is 4.75. The van der Waals surface area contributed by atoms with Crippen LogP contribution in [0.2, 0.25) is 0 Å². The lowest BCUT2D eigenvalue weighted by atomic mass is 9.95. The molecule has 0 spiro atoms. The van der Waals surface area contributed by atoms with E-state index in [0.29, 0.717) is 21.9 Å². The summed E-state index contributed by atoms with van der Waals surface area (Å²) in [5.74, 6) is -1.21. The van der Waals surface area contributed by atoms with Gasteiger partial charge in [0.05, 0.1) is 40.0 Å². The van der Waals surface area contributed by atoms with E-state index < -0.39 is 23.5 Å². The van der Waals surface area contributed by atoms with Crippen molar-refractivity contribution >= 4 is 23.0 Å². The number of aromatic nitrogens is 1. The molecule has 1 amide bonds. The number of amides is 1. The second-order valence-corrected chi connectivity index (χ2v) is 7.95. The van der Waals surface area contributed by atoms with E-state index in [4.69, 9.17) is 4.42 Å². The average Bonchev–Trinajstić information content (AvgIpc) is 3.37. The van der Waals surface area contributed by atoms with Crippen LogP contribution in [0.5, 0.6) is 5.75 Å². The number of carbonyl (C=O) groups is 2. The Labute approximate surface area is 170 Å². The number of hydrogen-bond donors (Lipinski definition) is 2. The first-order chi connectivity index (χ1) is 13.9. The predicted molar refractivity (Wildman–Crippen MR) is 106 cm³/mol. The van der Waals surface area contributed by atoms with Crippen molar-refractivity contribution in [2.75, 3.05) is 0 Å². The number of furan rings is 1. The molecule has 3 aromatic rings. The van der Waals surface area contributed by atoms with Crippen molar-refractivity contribution < 1.29 is 24.2 Å². The van der Waals surface area contributed by atoms with Gasteiger partial charge in [0.25, 0.3) is 5.91 Å². The number of aromatic hydroxyl groups is 1. The van der Waals surface area contributed by atoms with Gasteiger partial charge in [-0.1, -0.05) is 12.1 Å². The Morgan fingerprint density at radius 1 is 1.24 bits per heavy atom. The van der Waals surface area contributed by atoms with Crippen LogP contribution in [-0.4, -0.2) is 31.8 Å². The number of rotatable bonds is 5. The molecule has 3 heterocycles. The van der Waals surface area contributed by atoms with Gasteiger partial charge >= 0.3 is 0 Å². The maximum Gasteiger partial charge on any atom is 0.290 e. The molecule has 1 unspecified atom stereocenters. The molecule has 29 heavy (non-hydrogen) atoms. The maximum atomic E-state index is 13.3. The number of benzene rings is 1. The van der Waals surface area contributed by atoms with E-state index >= 15 is 0 Å². The minimum Gasteiger partial charge on any atom is -0.508 e. The summed E-state index contributed by atoms with van der Waals surface area (Å²) in [6.45, 7) is 3.57. The van der Waals surface area contributed by atoms with E-state index in [2.05, 4.69) is 4.98 Å². The number of ketones is 1. The molecule has 1 aliphatic rings.